The van der Waals surface area contributed by atoms with Gasteiger partial charge in [-0.05, 0) is 18.4 Å². The van der Waals surface area contributed by atoms with Crippen LogP contribution in [-0.2, 0) is 6.42 Å². The molecule has 2 aromatic rings. The molecule has 0 aliphatic heterocycles. The van der Waals surface area contributed by atoms with Crippen molar-refractivity contribution in [3.8, 4) is 0 Å². The Bertz CT molecular complexity index is 583. The number of aryl methyl sites for hydroxylation is 1. The first-order chi connectivity index (χ1) is 11.8. The van der Waals surface area contributed by atoms with Gasteiger partial charge < -0.3 is 0 Å². The van der Waals surface area contributed by atoms with Crippen molar-refractivity contribution in [2.75, 3.05) is 0 Å². The molecule has 0 amide bonds. The molecule has 0 N–H and O–H groups in total. The van der Waals surface area contributed by atoms with Crippen molar-refractivity contribution >= 4 is 5.78 Å². The summed E-state index contributed by atoms with van der Waals surface area (Å²) in [5.41, 5.74) is 2.87. The lowest BCUT2D eigenvalue weighted by Crippen LogP contribution is -2.01. The fourth-order valence-corrected chi connectivity index (χ4v) is 3.04. The molecule has 24 heavy (non-hydrogen) atoms. The monoisotopic (exact) mass is 322 g/mol. The molecule has 1 nitrogen and oxygen atoms in total. The van der Waals surface area contributed by atoms with Crippen LogP contribution >= 0.6 is 0 Å². The van der Waals surface area contributed by atoms with E-state index in [0.29, 0.717) is 0 Å². The van der Waals surface area contributed by atoms with Crippen LogP contribution in [0, 0.1) is 0 Å². The molecule has 2 rings (SSSR count). The number of hydrogen-bond acceptors (Lipinski definition) is 1. The zero-order valence-corrected chi connectivity index (χ0v) is 15.0. The third-order valence-corrected chi connectivity index (χ3v) is 4.57. The van der Waals surface area contributed by atoms with Crippen LogP contribution in [0.1, 0.15) is 79.8 Å². The summed E-state index contributed by atoms with van der Waals surface area (Å²) in [6.45, 7) is 2.26. The molecule has 0 fully saturated rings. The van der Waals surface area contributed by atoms with Crippen LogP contribution in [0.15, 0.2) is 54.6 Å². The zero-order valence-electron chi connectivity index (χ0n) is 15.0. The Labute approximate surface area is 147 Å². The van der Waals surface area contributed by atoms with E-state index < -0.39 is 0 Å². The molecule has 0 aliphatic rings. The van der Waals surface area contributed by atoms with Crippen LogP contribution < -0.4 is 0 Å². The minimum Gasteiger partial charge on any atom is -0.289 e. The van der Waals surface area contributed by atoms with Gasteiger partial charge in [-0.1, -0.05) is 106 Å². The highest BCUT2D eigenvalue weighted by Gasteiger charge is 2.07. The maximum atomic E-state index is 12.4. The van der Waals surface area contributed by atoms with E-state index in [4.69, 9.17) is 0 Å². The highest BCUT2D eigenvalue weighted by molar-refractivity contribution is 6.08. The molecule has 0 aromatic heterocycles. The van der Waals surface area contributed by atoms with Crippen molar-refractivity contribution in [1.82, 2.24) is 0 Å². The molecule has 0 heterocycles. The first-order valence-corrected chi connectivity index (χ1v) is 9.50. The van der Waals surface area contributed by atoms with E-state index in [9.17, 15) is 4.79 Å². The molecule has 0 saturated carbocycles. The predicted octanol–water partition coefficient (Wildman–Crippen LogP) is 6.60. The van der Waals surface area contributed by atoms with Crippen molar-refractivity contribution in [3.05, 3.63) is 71.3 Å². The number of rotatable bonds is 11. The highest BCUT2D eigenvalue weighted by atomic mass is 16.1. The van der Waals surface area contributed by atoms with Crippen molar-refractivity contribution in [2.45, 2.75) is 64.7 Å². The molecule has 128 valence electrons. The average Bonchev–Trinajstić information content (AvgIpc) is 2.64. The maximum Gasteiger partial charge on any atom is 0.193 e. The summed E-state index contributed by atoms with van der Waals surface area (Å²) in [6, 6.07) is 17.6. The van der Waals surface area contributed by atoms with Gasteiger partial charge in [0.1, 0.15) is 0 Å². The van der Waals surface area contributed by atoms with Gasteiger partial charge in [0.2, 0.25) is 0 Å². The van der Waals surface area contributed by atoms with Crippen LogP contribution in [0.5, 0.6) is 0 Å². The largest absolute Gasteiger partial charge is 0.289 e. The minimum atomic E-state index is 0.106. The van der Waals surface area contributed by atoms with Gasteiger partial charge in [-0.2, -0.15) is 0 Å². The Morgan fingerprint density at radius 1 is 0.667 bits per heavy atom. The van der Waals surface area contributed by atoms with E-state index in [1.165, 1.54) is 56.9 Å². The fraction of sp³-hybridized carbons (Fsp3) is 0.435. The SMILES string of the molecule is CCCCCCCCCCc1ccc(C(=O)c2ccccc2)cc1. The average molecular weight is 322 g/mol. The fourth-order valence-electron chi connectivity index (χ4n) is 3.04. The second-order valence-electron chi connectivity index (χ2n) is 6.62. The molecular weight excluding hydrogens is 292 g/mol. The Balaban J connectivity index is 1.70. The van der Waals surface area contributed by atoms with Gasteiger partial charge in [0.05, 0.1) is 0 Å². The second kappa shape index (κ2) is 10.8. The predicted molar refractivity (Wildman–Crippen MR) is 103 cm³/mol. The molecule has 0 saturated heterocycles. The topological polar surface area (TPSA) is 17.1 Å². The summed E-state index contributed by atoms with van der Waals surface area (Å²) in [5, 5.41) is 0. The van der Waals surface area contributed by atoms with Gasteiger partial charge in [-0.25, -0.2) is 0 Å². The molecule has 0 bridgehead atoms. The minimum absolute atomic E-state index is 0.106. The van der Waals surface area contributed by atoms with Crippen molar-refractivity contribution in [3.63, 3.8) is 0 Å². The Hall–Kier alpha value is -1.89. The molecule has 0 unspecified atom stereocenters. The lowest BCUT2D eigenvalue weighted by Gasteiger charge is -2.05. The van der Waals surface area contributed by atoms with E-state index in [2.05, 4.69) is 19.1 Å². The van der Waals surface area contributed by atoms with Gasteiger partial charge in [0.15, 0.2) is 5.78 Å². The number of carbonyl (C=O) groups excluding carboxylic acids is 1. The summed E-state index contributed by atoms with van der Waals surface area (Å²) in [5.74, 6) is 0.106. The summed E-state index contributed by atoms with van der Waals surface area (Å²) >= 11 is 0. The summed E-state index contributed by atoms with van der Waals surface area (Å²) in [4.78, 5) is 12.4. The number of hydrogen-bond donors (Lipinski definition) is 0. The van der Waals surface area contributed by atoms with E-state index in [-0.39, 0.29) is 5.78 Å². The Morgan fingerprint density at radius 3 is 1.83 bits per heavy atom. The van der Waals surface area contributed by atoms with Crippen LogP contribution in [0.25, 0.3) is 0 Å². The number of ketones is 1. The van der Waals surface area contributed by atoms with E-state index in [1.54, 1.807) is 0 Å². The van der Waals surface area contributed by atoms with Crippen LogP contribution in [-0.4, -0.2) is 5.78 Å². The third kappa shape index (κ3) is 6.31. The summed E-state index contributed by atoms with van der Waals surface area (Å²) < 4.78 is 0. The van der Waals surface area contributed by atoms with E-state index >= 15 is 0 Å². The molecule has 0 atom stereocenters. The standard InChI is InChI=1S/C23H30O/c1-2-3-4-5-6-7-8-10-13-20-16-18-22(19-17-20)23(24)21-14-11-9-12-15-21/h9,11-12,14-19H,2-8,10,13H2,1H3. The third-order valence-electron chi connectivity index (χ3n) is 4.57. The molecule has 0 radical (unpaired) electrons. The van der Waals surface area contributed by atoms with Crippen molar-refractivity contribution < 1.29 is 4.79 Å². The first-order valence-electron chi connectivity index (χ1n) is 9.50. The Morgan fingerprint density at radius 2 is 1.21 bits per heavy atom. The second-order valence-corrected chi connectivity index (χ2v) is 6.62. The van der Waals surface area contributed by atoms with Crippen LogP contribution in [0.3, 0.4) is 0 Å². The smallest absolute Gasteiger partial charge is 0.193 e. The summed E-state index contributed by atoms with van der Waals surface area (Å²) in [7, 11) is 0. The lowest BCUT2D eigenvalue weighted by molar-refractivity contribution is 0.103. The molecule has 1 heteroatoms. The normalized spacial score (nSPS) is 10.7. The number of unbranched alkanes of at least 4 members (excludes halogenated alkanes) is 7. The van der Waals surface area contributed by atoms with E-state index in [1.807, 2.05) is 42.5 Å². The van der Waals surface area contributed by atoms with Crippen LogP contribution in [0.4, 0.5) is 0 Å². The summed E-state index contributed by atoms with van der Waals surface area (Å²) in [6.07, 6.45) is 11.9. The number of benzene rings is 2. The first kappa shape index (κ1) is 18.4. The lowest BCUT2D eigenvalue weighted by atomic mass is 10.00. The molecule has 0 spiro atoms. The number of carbonyl (C=O) groups is 1. The van der Waals surface area contributed by atoms with Gasteiger partial charge >= 0.3 is 0 Å². The molecular formula is C23H30O. The van der Waals surface area contributed by atoms with E-state index in [0.717, 1.165) is 17.5 Å². The zero-order chi connectivity index (χ0) is 17.0. The van der Waals surface area contributed by atoms with Gasteiger partial charge in [-0.3, -0.25) is 4.79 Å². The maximum absolute atomic E-state index is 12.4. The Kier molecular flexibility index (Phi) is 8.31. The van der Waals surface area contributed by atoms with Gasteiger partial charge in [0.25, 0.3) is 0 Å². The highest BCUT2D eigenvalue weighted by Crippen LogP contribution is 2.14. The van der Waals surface area contributed by atoms with Crippen molar-refractivity contribution in [2.24, 2.45) is 0 Å². The van der Waals surface area contributed by atoms with Gasteiger partial charge in [0, 0.05) is 11.1 Å². The van der Waals surface area contributed by atoms with Gasteiger partial charge in [-0.15, -0.1) is 0 Å². The van der Waals surface area contributed by atoms with Crippen LogP contribution in [0.2, 0.25) is 0 Å². The molecule has 2 aromatic carbocycles. The van der Waals surface area contributed by atoms with Crippen molar-refractivity contribution in [1.29, 1.82) is 0 Å². The quantitative estimate of drug-likeness (QED) is 0.336. The molecule has 0 aliphatic carbocycles.